The molecule has 0 radical (unpaired) electrons. The zero-order valence-corrected chi connectivity index (χ0v) is 12.1. The Hall–Kier alpha value is -1.43. The van der Waals surface area contributed by atoms with Gasteiger partial charge in [0, 0.05) is 24.5 Å². The molecule has 1 amide bonds. The summed E-state index contributed by atoms with van der Waals surface area (Å²) >= 11 is 0. The molecule has 1 aromatic rings. The van der Waals surface area contributed by atoms with Gasteiger partial charge in [-0.25, -0.2) is 4.98 Å². The van der Waals surface area contributed by atoms with Gasteiger partial charge in [-0.3, -0.25) is 9.89 Å². The minimum absolute atomic E-state index is 0.0405. The third kappa shape index (κ3) is 2.94. The molecule has 1 aliphatic rings. The fourth-order valence-electron chi connectivity index (χ4n) is 2.12. The van der Waals surface area contributed by atoms with Crippen LogP contribution in [0, 0.1) is 5.92 Å². The van der Waals surface area contributed by atoms with E-state index in [1.54, 1.807) is 4.90 Å². The summed E-state index contributed by atoms with van der Waals surface area (Å²) < 4.78 is 0. The molecule has 2 heterocycles. The number of likely N-dealkylation sites (tertiary alicyclic amines) is 1. The average molecular weight is 265 g/mol. The smallest absolute Gasteiger partial charge is 0.293 e. The van der Waals surface area contributed by atoms with Crippen LogP contribution in [0.25, 0.3) is 0 Å². The molecule has 0 saturated carbocycles. The third-order valence-electron chi connectivity index (χ3n) is 3.69. The lowest BCUT2D eigenvalue weighted by Crippen LogP contribution is -2.49. The van der Waals surface area contributed by atoms with E-state index in [1.165, 1.54) is 0 Å². The molecule has 19 heavy (non-hydrogen) atoms. The normalized spacial score (nSPS) is 24.6. The maximum atomic E-state index is 12.3. The second-order valence-corrected chi connectivity index (χ2v) is 6.44. The molecule has 6 heteroatoms. The van der Waals surface area contributed by atoms with Gasteiger partial charge in [0.1, 0.15) is 5.82 Å². The monoisotopic (exact) mass is 265 g/mol. The van der Waals surface area contributed by atoms with E-state index >= 15 is 0 Å². The summed E-state index contributed by atoms with van der Waals surface area (Å²) in [5.74, 6) is 1.30. The van der Waals surface area contributed by atoms with Gasteiger partial charge in [0.15, 0.2) is 0 Å². The largest absolute Gasteiger partial charge is 0.334 e. The molecule has 0 bridgehead atoms. The number of hydrogen-bond donors (Lipinski definition) is 2. The first kappa shape index (κ1) is 14.0. The van der Waals surface area contributed by atoms with Crippen LogP contribution in [0.2, 0.25) is 0 Å². The van der Waals surface area contributed by atoms with E-state index < -0.39 is 0 Å². The van der Waals surface area contributed by atoms with Crippen molar-refractivity contribution in [2.45, 2.75) is 45.6 Å². The van der Waals surface area contributed by atoms with Crippen LogP contribution in [-0.4, -0.2) is 45.1 Å². The van der Waals surface area contributed by atoms with Crippen LogP contribution in [0.5, 0.6) is 0 Å². The van der Waals surface area contributed by atoms with Crippen LogP contribution in [-0.2, 0) is 5.41 Å². The van der Waals surface area contributed by atoms with Crippen molar-refractivity contribution < 1.29 is 4.79 Å². The number of nitrogens with zero attached hydrogens (tertiary/aromatic N) is 3. The topological polar surface area (TPSA) is 87.9 Å². The van der Waals surface area contributed by atoms with E-state index in [0.29, 0.717) is 12.5 Å². The predicted molar refractivity (Wildman–Crippen MR) is 72.7 cm³/mol. The molecule has 1 saturated heterocycles. The number of piperidine rings is 1. The maximum absolute atomic E-state index is 12.3. The SMILES string of the molecule is CC1CCN(C(=O)c2n[nH]c(C(C)(C)C)n2)CC1N. The Balaban J connectivity index is 2.10. The summed E-state index contributed by atoms with van der Waals surface area (Å²) in [6.45, 7) is 9.52. The summed E-state index contributed by atoms with van der Waals surface area (Å²) in [6.07, 6.45) is 0.934. The van der Waals surface area contributed by atoms with Gasteiger partial charge >= 0.3 is 0 Å². The number of nitrogens with two attached hydrogens (primary N) is 1. The molecular formula is C13H23N5O. The van der Waals surface area contributed by atoms with E-state index in [-0.39, 0.29) is 23.2 Å². The van der Waals surface area contributed by atoms with Gasteiger partial charge in [-0.05, 0) is 12.3 Å². The molecule has 2 rings (SSSR count). The number of carbonyl (C=O) groups excluding carboxylic acids is 1. The van der Waals surface area contributed by atoms with Gasteiger partial charge in [0.2, 0.25) is 5.82 Å². The lowest BCUT2D eigenvalue weighted by Gasteiger charge is -2.34. The van der Waals surface area contributed by atoms with Crippen molar-refractivity contribution in [3.63, 3.8) is 0 Å². The molecule has 106 valence electrons. The third-order valence-corrected chi connectivity index (χ3v) is 3.69. The zero-order valence-electron chi connectivity index (χ0n) is 12.1. The van der Waals surface area contributed by atoms with E-state index in [9.17, 15) is 4.79 Å². The summed E-state index contributed by atoms with van der Waals surface area (Å²) in [5, 5.41) is 6.88. The van der Waals surface area contributed by atoms with Crippen molar-refractivity contribution in [1.82, 2.24) is 20.1 Å². The van der Waals surface area contributed by atoms with E-state index in [0.717, 1.165) is 18.8 Å². The molecule has 0 aliphatic carbocycles. The van der Waals surface area contributed by atoms with Crippen molar-refractivity contribution in [3.8, 4) is 0 Å². The van der Waals surface area contributed by atoms with E-state index in [2.05, 4.69) is 22.1 Å². The van der Waals surface area contributed by atoms with E-state index in [1.807, 2.05) is 20.8 Å². The Bertz CT molecular complexity index is 462. The first-order valence-electron chi connectivity index (χ1n) is 6.77. The molecular weight excluding hydrogens is 242 g/mol. The molecule has 0 spiro atoms. The van der Waals surface area contributed by atoms with Gasteiger partial charge in [0.25, 0.3) is 5.91 Å². The highest BCUT2D eigenvalue weighted by molar-refractivity contribution is 5.90. The first-order valence-corrected chi connectivity index (χ1v) is 6.77. The van der Waals surface area contributed by atoms with Crippen LogP contribution in [0.1, 0.15) is 50.6 Å². The van der Waals surface area contributed by atoms with Gasteiger partial charge in [-0.1, -0.05) is 27.7 Å². The second-order valence-electron chi connectivity index (χ2n) is 6.44. The number of carbonyl (C=O) groups is 1. The second kappa shape index (κ2) is 4.92. The zero-order chi connectivity index (χ0) is 14.2. The van der Waals surface area contributed by atoms with Crippen molar-refractivity contribution in [2.75, 3.05) is 13.1 Å². The predicted octanol–water partition coefficient (Wildman–Crippen LogP) is 0.911. The first-order chi connectivity index (χ1) is 8.79. The molecule has 0 aromatic carbocycles. The number of aromatic amines is 1. The number of amides is 1. The Morgan fingerprint density at radius 1 is 1.47 bits per heavy atom. The highest BCUT2D eigenvalue weighted by Crippen LogP contribution is 2.19. The molecule has 2 atom stereocenters. The summed E-state index contributed by atoms with van der Waals surface area (Å²) in [6, 6.07) is 0.0405. The highest BCUT2D eigenvalue weighted by Gasteiger charge is 2.29. The van der Waals surface area contributed by atoms with Gasteiger partial charge in [0.05, 0.1) is 0 Å². The Morgan fingerprint density at radius 2 is 2.16 bits per heavy atom. The quantitative estimate of drug-likeness (QED) is 0.790. The molecule has 2 unspecified atom stereocenters. The van der Waals surface area contributed by atoms with Gasteiger partial charge in [-0.15, -0.1) is 5.10 Å². The standard InChI is InChI=1S/C13H23N5O/c1-8-5-6-18(7-9(8)14)11(19)10-15-12(17-16-10)13(2,3)4/h8-9H,5-7,14H2,1-4H3,(H,15,16,17). The van der Waals surface area contributed by atoms with Crippen molar-refractivity contribution in [2.24, 2.45) is 11.7 Å². The Labute approximate surface area is 113 Å². The van der Waals surface area contributed by atoms with Gasteiger partial charge < -0.3 is 10.6 Å². The lowest BCUT2D eigenvalue weighted by atomic mass is 9.94. The Kier molecular flexibility index (Phi) is 3.62. The minimum Gasteiger partial charge on any atom is -0.334 e. The molecule has 1 fully saturated rings. The maximum Gasteiger partial charge on any atom is 0.293 e. The van der Waals surface area contributed by atoms with Crippen LogP contribution in [0.4, 0.5) is 0 Å². The highest BCUT2D eigenvalue weighted by atomic mass is 16.2. The molecule has 6 nitrogen and oxygen atoms in total. The summed E-state index contributed by atoms with van der Waals surface area (Å²) in [4.78, 5) is 18.4. The number of rotatable bonds is 1. The minimum atomic E-state index is -0.141. The fraction of sp³-hybridized carbons (Fsp3) is 0.769. The van der Waals surface area contributed by atoms with Crippen LogP contribution in [0.15, 0.2) is 0 Å². The fourth-order valence-corrected chi connectivity index (χ4v) is 2.12. The van der Waals surface area contributed by atoms with E-state index in [4.69, 9.17) is 5.73 Å². The van der Waals surface area contributed by atoms with Crippen molar-refractivity contribution >= 4 is 5.91 Å². The van der Waals surface area contributed by atoms with Crippen molar-refractivity contribution in [3.05, 3.63) is 11.6 Å². The summed E-state index contributed by atoms with van der Waals surface area (Å²) in [7, 11) is 0. The van der Waals surface area contributed by atoms with Crippen LogP contribution in [0.3, 0.4) is 0 Å². The number of hydrogen-bond acceptors (Lipinski definition) is 4. The van der Waals surface area contributed by atoms with Crippen LogP contribution >= 0.6 is 0 Å². The number of aromatic nitrogens is 3. The molecule has 1 aliphatic heterocycles. The molecule has 1 aromatic heterocycles. The lowest BCUT2D eigenvalue weighted by molar-refractivity contribution is 0.0660. The van der Waals surface area contributed by atoms with Gasteiger partial charge in [-0.2, -0.15) is 0 Å². The van der Waals surface area contributed by atoms with Crippen LogP contribution < -0.4 is 5.73 Å². The molecule has 3 N–H and O–H groups in total. The summed E-state index contributed by atoms with van der Waals surface area (Å²) in [5.41, 5.74) is 5.88. The average Bonchev–Trinajstić information content (AvgIpc) is 2.81. The number of H-pyrrole nitrogens is 1. The number of nitrogens with one attached hydrogen (secondary N) is 1. The Morgan fingerprint density at radius 3 is 2.68 bits per heavy atom. The van der Waals surface area contributed by atoms with Crippen molar-refractivity contribution in [1.29, 1.82) is 0 Å².